The molecule has 0 fully saturated rings. The largest absolute Gasteiger partial charge is 0.309 e. The number of para-hydroxylation sites is 1. The lowest BCUT2D eigenvalue weighted by Crippen LogP contribution is -2.73. The summed E-state index contributed by atoms with van der Waals surface area (Å²) in [5.41, 5.74) is 14.2. The van der Waals surface area contributed by atoms with Gasteiger partial charge in [0.2, 0.25) is 0 Å². The predicted molar refractivity (Wildman–Crippen MR) is 247 cm³/mol. The summed E-state index contributed by atoms with van der Waals surface area (Å²) >= 11 is 0. The van der Waals surface area contributed by atoms with E-state index in [-0.39, 0.29) is 5.41 Å². The summed E-state index contributed by atoms with van der Waals surface area (Å²) in [6.07, 6.45) is 0. The Morgan fingerprint density at radius 1 is 0.441 bits per heavy atom. The topological polar surface area (TPSA) is 30.7 Å². The Labute approximate surface area is 345 Å². The summed E-state index contributed by atoms with van der Waals surface area (Å²) in [6, 6.07) is 73.6. The van der Waals surface area contributed by atoms with Crippen LogP contribution < -0.4 is 20.7 Å². The van der Waals surface area contributed by atoms with Gasteiger partial charge < -0.3 is 4.57 Å². The monoisotopic (exact) mass is 769 g/mol. The van der Waals surface area contributed by atoms with Gasteiger partial charge in [-0.1, -0.05) is 184 Å². The van der Waals surface area contributed by atoms with Gasteiger partial charge in [0.25, 0.3) is 0 Å². The lowest BCUT2D eigenvalue weighted by molar-refractivity contribution is 0.661. The predicted octanol–water partition coefficient (Wildman–Crippen LogP) is 10.6. The highest BCUT2D eigenvalue weighted by atomic mass is 28.3. The molecule has 0 amide bonds. The van der Waals surface area contributed by atoms with Crippen LogP contribution in [0.1, 0.15) is 25.0 Å². The average Bonchev–Trinajstić information content (AvgIpc) is 3.87. The van der Waals surface area contributed by atoms with Crippen LogP contribution in [0.5, 0.6) is 0 Å². The molecule has 0 saturated heterocycles. The van der Waals surface area contributed by atoms with E-state index >= 15 is 0 Å². The fourth-order valence-corrected chi connectivity index (χ4v) is 15.7. The van der Waals surface area contributed by atoms with Crippen LogP contribution in [-0.4, -0.2) is 22.6 Å². The Hall–Kier alpha value is -7.14. The molecule has 0 unspecified atom stereocenters. The van der Waals surface area contributed by atoms with Gasteiger partial charge in [-0.15, -0.1) is 0 Å². The van der Waals surface area contributed by atoms with Crippen LogP contribution >= 0.6 is 0 Å². The van der Waals surface area contributed by atoms with Gasteiger partial charge in [-0.25, -0.2) is 9.97 Å². The summed E-state index contributed by atoms with van der Waals surface area (Å²) in [4.78, 5) is 11.1. The van der Waals surface area contributed by atoms with Gasteiger partial charge in [0.15, 0.2) is 13.9 Å². The van der Waals surface area contributed by atoms with E-state index < -0.39 is 8.07 Å². The minimum absolute atomic E-state index is 0.0880. The first-order chi connectivity index (χ1) is 29.0. The summed E-state index contributed by atoms with van der Waals surface area (Å²) in [5.74, 6) is 0.739. The standard InChI is InChI=1S/C55H39N3Si/c1-55(2)46-29-17-15-27-41(46)44-35-49-45(34-47(44)55)42-28-16-18-30-48(42)58(49)38-31-32-43-50(33-38)59(39-23-11-5-12-24-39,40-25-13-6-14-26-40)53-51(36-19-7-3-8-20-36)56-54(57-52(43)53)37-21-9-4-10-22-37/h3-35H,1-2H3. The Bertz CT molecular complexity index is 3240. The Morgan fingerprint density at radius 2 is 1.03 bits per heavy atom. The lowest BCUT2D eigenvalue weighted by Gasteiger charge is -2.32. The molecular formula is C55H39N3Si. The van der Waals surface area contributed by atoms with Gasteiger partial charge in [0.05, 0.1) is 22.4 Å². The second-order valence-electron chi connectivity index (χ2n) is 16.5. The highest BCUT2D eigenvalue weighted by Gasteiger charge is 2.52. The minimum Gasteiger partial charge on any atom is -0.309 e. The summed E-state index contributed by atoms with van der Waals surface area (Å²) in [5, 5.41) is 7.75. The Kier molecular flexibility index (Phi) is 7.29. The van der Waals surface area contributed by atoms with E-state index in [0.717, 1.165) is 34.0 Å². The molecule has 1 aliphatic carbocycles. The van der Waals surface area contributed by atoms with Crippen molar-refractivity contribution in [2.24, 2.45) is 0 Å². The third-order valence-electron chi connectivity index (χ3n) is 13.1. The zero-order chi connectivity index (χ0) is 39.3. The molecule has 0 bridgehead atoms. The highest BCUT2D eigenvalue weighted by Crippen LogP contribution is 2.51. The zero-order valence-corrected chi connectivity index (χ0v) is 33.9. The molecule has 12 rings (SSSR count). The molecule has 10 aromatic rings. The van der Waals surface area contributed by atoms with Crippen LogP contribution in [0.15, 0.2) is 200 Å². The first kappa shape index (κ1) is 33.9. The van der Waals surface area contributed by atoms with E-state index in [1.165, 1.54) is 70.4 Å². The van der Waals surface area contributed by atoms with E-state index in [9.17, 15) is 0 Å². The molecule has 0 radical (unpaired) electrons. The second kappa shape index (κ2) is 12.7. The lowest BCUT2D eigenvalue weighted by atomic mass is 9.82. The average molecular weight is 770 g/mol. The first-order valence-electron chi connectivity index (χ1n) is 20.5. The molecule has 2 aliphatic rings. The van der Waals surface area contributed by atoms with Gasteiger partial charge in [-0.2, -0.15) is 0 Å². The molecule has 2 aromatic heterocycles. The van der Waals surface area contributed by atoms with Crippen LogP contribution in [0.4, 0.5) is 0 Å². The molecule has 0 saturated carbocycles. The molecule has 4 heteroatoms. The fourth-order valence-electron chi connectivity index (χ4n) is 10.4. The summed E-state index contributed by atoms with van der Waals surface area (Å²) < 4.78 is 2.51. The van der Waals surface area contributed by atoms with Crippen LogP contribution in [-0.2, 0) is 5.41 Å². The molecule has 0 spiro atoms. The first-order valence-corrected chi connectivity index (χ1v) is 22.5. The molecule has 8 aromatic carbocycles. The van der Waals surface area contributed by atoms with Crippen molar-refractivity contribution >= 4 is 50.6 Å². The van der Waals surface area contributed by atoms with Crippen molar-refractivity contribution in [1.29, 1.82) is 0 Å². The van der Waals surface area contributed by atoms with Crippen molar-refractivity contribution in [2.75, 3.05) is 0 Å². The molecule has 3 nitrogen and oxygen atoms in total. The van der Waals surface area contributed by atoms with Crippen molar-refractivity contribution in [3.8, 4) is 50.7 Å². The second-order valence-corrected chi connectivity index (χ2v) is 20.2. The quantitative estimate of drug-likeness (QED) is 0.163. The van der Waals surface area contributed by atoms with Crippen molar-refractivity contribution in [3.05, 3.63) is 211 Å². The maximum Gasteiger partial charge on any atom is 0.185 e. The van der Waals surface area contributed by atoms with Crippen LogP contribution in [0, 0.1) is 0 Å². The smallest absolute Gasteiger partial charge is 0.185 e. The van der Waals surface area contributed by atoms with E-state index in [4.69, 9.17) is 9.97 Å². The molecular weight excluding hydrogens is 731 g/mol. The molecule has 1 aliphatic heterocycles. The normalized spacial score (nSPS) is 14.2. The molecule has 59 heavy (non-hydrogen) atoms. The number of nitrogens with zero attached hydrogens (tertiary/aromatic N) is 3. The van der Waals surface area contributed by atoms with Gasteiger partial charge in [-0.05, 0) is 68.1 Å². The van der Waals surface area contributed by atoms with Gasteiger partial charge in [0.1, 0.15) is 0 Å². The summed E-state index contributed by atoms with van der Waals surface area (Å²) in [7, 11) is -3.08. The third kappa shape index (κ3) is 4.75. The number of hydrogen-bond acceptors (Lipinski definition) is 2. The maximum absolute atomic E-state index is 5.58. The van der Waals surface area contributed by atoms with Crippen molar-refractivity contribution in [2.45, 2.75) is 19.3 Å². The van der Waals surface area contributed by atoms with Crippen molar-refractivity contribution in [3.63, 3.8) is 0 Å². The van der Waals surface area contributed by atoms with E-state index in [1.807, 2.05) is 0 Å². The Balaban J connectivity index is 1.21. The van der Waals surface area contributed by atoms with E-state index in [0.29, 0.717) is 0 Å². The molecule has 0 atom stereocenters. The number of rotatable bonds is 5. The number of fused-ring (bicyclic) bond motifs is 9. The van der Waals surface area contributed by atoms with Gasteiger partial charge in [-0.3, -0.25) is 0 Å². The number of benzene rings is 8. The zero-order valence-electron chi connectivity index (χ0n) is 32.9. The maximum atomic E-state index is 5.58. The van der Waals surface area contributed by atoms with Crippen LogP contribution in [0.3, 0.4) is 0 Å². The highest BCUT2D eigenvalue weighted by molar-refractivity contribution is 7.22. The summed E-state index contributed by atoms with van der Waals surface area (Å²) in [6.45, 7) is 4.74. The molecule has 278 valence electrons. The van der Waals surface area contributed by atoms with Crippen LogP contribution in [0.2, 0.25) is 0 Å². The number of aromatic nitrogens is 3. The Morgan fingerprint density at radius 3 is 1.75 bits per heavy atom. The van der Waals surface area contributed by atoms with Crippen molar-refractivity contribution in [1.82, 2.24) is 14.5 Å². The fraction of sp³-hybridized carbons (Fsp3) is 0.0545. The SMILES string of the molecule is CC1(C)c2ccccc2-c2cc3c(cc21)c1ccccc1n3-c1ccc2c(c1)[Si](c1ccccc1)(c1ccccc1)c1c(-c3ccccc3)nc(-c3ccccc3)nc1-2. The third-order valence-corrected chi connectivity index (χ3v) is 17.9. The van der Waals surface area contributed by atoms with Crippen molar-refractivity contribution < 1.29 is 0 Å². The van der Waals surface area contributed by atoms with E-state index in [1.54, 1.807) is 0 Å². The molecule has 3 heterocycles. The van der Waals surface area contributed by atoms with Gasteiger partial charge in [0, 0.05) is 43.8 Å². The molecule has 0 N–H and O–H groups in total. The van der Waals surface area contributed by atoms with E-state index in [2.05, 4.69) is 219 Å². The van der Waals surface area contributed by atoms with Crippen LogP contribution in [0.25, 0.3) is 72.5 Å². The number of hydrogen-bond donors (Lipinski definition) is 0. The van der Waals surface area contributed by atoms with Gasteiger partial charge >= 0.3 is 0 Å². The minimum atomic E-state index is -3.08.